The number of benzene rings is 1. The van der Waals surface area contributed by atoms with Gasteiger partial charge in [-0.3, -0.25) is 4.79 Å². The summed E-state index contributed by atoms with van der Waals surface area (Å²) < 4.78 is 10.4. The van der Waals surface area contributed by atoms with Crippen LogP contribution in [0.3, 0.4) is 0 Å². The van der Waals surface area contributed by atoms with E-state index in [1.807, 2.05) is 0 Å². The van der Waals surface area contributed by atoms with Crippen LogP contribution in [0.4, 0.5) is 0 Å². The average Bonchev–Trinajstić information content (AvgIpc) is 2.92. The Hall–Kier alpha value is -1.89. The van der Waals surface area contributed by atoms with Crippen LogP contribution in [0.1, 0.15) is 16.2 Å². The van der Waals surface area contributed by atoms with Gasteiger partial charge in [0.2, 0.25) is 6.39 Å². The van der Waals surface area contributed by atoms with E-state index in [1.54, 1.807) is 25.3 Å². The SMILES string of the molecule is COc1ccc(Br)c(C(=O)NCCc2ncon2)c1. The first-order valence-electron chi connectivity index (χ1n) is 5.57. The molecule has 1 N–H and O–H groups in total. The first-order chi connectivity index (χ1) is 9.20. The van der Waals surface area contributed by atoms with E-state index in [9.17, 15) is 4.79 Å². The van der Waals surface area contributed by atoms with Crippen LogP contribution >= 0.6 is 15.9 Å². The highest BCUT2D eigenvalue weighted by atomic mass is 79.9. The van der Waals surface area contributed by atoms with Gasteiger partial charge >= 0.3 is 0 Å². The summed E-state index contributed by atoms with van der Waals surface area (Å²) in [6, 6.07) is 5.22. The smallest absolute Gasteiger partial charge is 0.252 e. The summed E-state index contributed by atoms with van der Waals surface area (Å²) in [5, 5.41) is 6.45. The lowest BCUT2D eigenvalue weighted by atomic mass is 10.2. The molecule has 0 fully saturated rings. The van der Waals surface area contributed by atoms with E-state index < -0.39 is 0 Å². The number of hydrogen-bond donors (Lipinski definition) is 1. The molecule has 100 valence electrons. The molecule has 0 saturated heterocycles. The molecule has 7 heteroatoms. The molecule has 6 nitrogen and oxygen atoms in total. The second kappa shape index (κ2) is 6.33. The summed E-state index contributed by atoms with van der Waals surface area (Å²) >= 11 is 3.33. The third-order valence-corrected chi connectivity index (χ3v) is 3.15. The third kappa shape index (κ3) is 3.54. The molecule has 0 radical (unpaired) electrons. The molecule has 1 aromatic heterocycles. The van der Waals surface area contributed by atoms with Crippen LogP contribution in [-0.4, -0.2) is 29.7 Å². The van der Waals surface area contributed by atoms with Crippen LogP contribution in [0, 0.1) is 0 Å². The van der Waals surface area contributed by atoms with Crippen molar-refractivity contribution in [1.29, 1.82) is 0 Å². The van der Waals surface area contributed by atoms with Gasteiger partial charge in [0.25, 0.3) is 5.91 Å². The van der Waals surface area contributed by atoms with E-state index >= 15 is 0 Å². The van der Waals surface area contributed by atoms with Crippen LogP contribution in [-0.2, 0) is 6.42 Å². The average molecular weight is 326 g/mol. The summed E-state index contributed by atoms with van der Waals surface area (Å²) in [5.41, 5.74) is 0.521. The topological polar surface area (TPSA) is 77.2 Å². The maximum Gasteiger partial charge on any atom is 0.252 e. The van der Waals surface area contributed by atoms with Crippen molar-refractivity contribution in [3.63, 3.8) is 0 Å². The molecule has 2 rings (SSSR count). The van der Waals surface area contributed by atoms with E-state index in [4.69, 9.17) is 4.74 Å². The first-order valence-corrected chi connectivity index (χ1v) is 6.37. The molecule has 0 aliphatic rings. The fourth-order valence-electron chi connectivity index (χ4n) is 1.49. The molecule has 1 heterocycles. The fraction of sp³-hybridized carbons (Fsp3) is 0.250. The largest absolute Gasteiger partial charge is 0.497 e. The number of ether oxygens (including phenoxy) is 1. The zero-order chi connectivity index (χ0) is 13.7. The van der Waals surface area contributed by atoms with Gasteiger partial charge in [-0.2, -0.15) is 4.98 Å². The van der Waals surface area contributed by atoms with E-state index in [2.05, 4.69) is 35.9 Å². The van der Waals surface area contributed by atoms with Crippen molar-refractivity contribution >= 4 is 21.8 Å². The summed E-state index contributed by atoms with van der Waals surface area (Å²) in [7, 11) is 1.56. The Kier molecular flexibility index (Phi) is 4.51. The van der Waals surface area contributed by atoms with Crippen molar-refractivity contribution < 1.29 is 14.1 Å². The zero-order valence-corrected chi connectivity index (χ0v) is 11.8. The minimum Gasteiger partial charge on any atom is -0.497 e. The highest BCUT2D eigenvalue weighted by molar-refractivity contribution is 9.10. The number of nitrogens with zero attached hydrogens (tertiary/aromatic N) is 2. The van der Waals surface area contributed by atoms with Gasteiger partial charge in [0.05, 0.1) is 12.7 Å². The molecule has 0 saturated carbocycles. The summed E-state index contributed by atoms with van der Waals surface area (Å²) in [6.07, 6.45) is 1.78. The molecular formula is C12H12BrN3O3. The lowest BCUT2D eigenvalue weighted by Gasteiger charge is -2.07. The molecule has 0 spiro atoms. The molecule has 1 aromatic carbocycles. The normalized spacial score (nSPS) is 10.2. The van der Waals surface area contributed by atoms with Gasteiger partial charge in [0.1, 0.15) is 5.75 Å². The minimum absolute atomic E-state index is 0.186. The van der Waals surface area contributed by atoms with Crippen molar-refractivity contribution in [3.8, 4) is 5.75 Å². The number of halogens is 1. The van der Waals surface area contributed by atoms with Gasteiger partial charge in [-0.25, -0.2) is 0 Å². The molecule has 19 heavy (non-hydrogen) atoms. The van der Waals surface area contributed by atoms with Gasteiger partial charge < -0.3 is 14.6 Å². The van der Waals surface area contributed by atoms with Crippen LogP contribution in [0.5, 0.6) is 5.75 Å². The third-order valence-electron chi connectivity index (χ3n) is 2.46. The van der Waals surface area contributed by atoms with Crippen molar-refractivity contribution in [2.45, 2.75) is 6.42 Å². The van der Waals surface area contributed by atoms with E-state index in [-0.39, 0.29) is 5.91 Å². The number of nitrogens with one attached hydrogen (secondary N) is 1. The molecule has 1 amide bonds. The number of rotatable bonds is 5. The molecule has 2 aromatic rings. The van der Waals surface area contributed by atoms with Crippen LogP contribution in [0.15, 0.2) is 33.6 Å². The Morgan fingerprint density at radius 2 is 2.37 bits per heavy atom. The minimum atomic E-state index is -0.186. The summed E-state index contributed by atoms with van der Waals surface area (Å²) in [4.78, 5) is 15.9. The zero-order valence-electron chi connectivity index (χ0n) is 10.2. The molecule has 0 atom stereocenters. The Bertz CT molecular complexity index is 557. The Morgan fingerprint density at radius 1 is 1.53 bits per heavy atom. The van der Waals surface area contributed by atoms with Gasteiger partial charge in [0, 0.05) is 17.4 Å². The number of carbonyl (C=O) groups excluding carboxylic acids is 1. The Labute approximate surface area is 118 Å². The molecular weight excluding hydrogens is 314 g/mol. The number of methoxy groups -OCH3 is 1. The molecule has 0 aliphatic carbocycles. The highest BCUT2D eigenvalue weighted by Crippen LogP contribution is 2.22. The van der Waals surface area contributed by atoms with Crippen LogP contribution in [0.25, 0.3) is 0 Å². The van der Waals surface area contributed by atoms with E-state index in [0.717, 1.165) is 0 Å². The fourth-order valence-corrected chi connectivity index (χ4v) is 1.92. The van der Waals surface area contributed by atoms with E-state index in [1.165, 1.54) is 6.39 Å². The van der Waals surface area contributed by atoms with Crippen molar-refractivity contribution in [1.82, 2.24) is 15.5 Å². The summed E-state index contributed by atoms with van der Waals surface area (Å²) in [5.74, 6) is 1.01. The second-order valence-electron chi connectivity index (χ2n) is 3.70. The number of amides is 1. The summed E-state index contributed by atoms with van der Waals surface area (Å²) in [6.45, 7) is 0.433. The van der Waals surface area contributed by atoms with Gasteiger partial charge in [-0.05, 0) is 34.1 Å². The number of aromatic nitrogens is 2. The van der Waals surface area contributed by atoms with E-state index in [0.29, 0.717) is 34.6 Å². The van der Waals surface area contributed by atoms with Crippen LogP contribution < -0.4 is 10.1 Å². The predicted octanol–water partition coefficient (Wildman–Crippen LogP) is 1.81. The van der Waals surface area contributed by atoms with Crippen molar-refractivity contribution in [2.24, 2.45) is 0 Å². The lowest BCUT2D eigenvalue weighted by molar-refractivity contribution is 0.0953. The molecule has 0 unspecified atom stereocenters. The second-order valence-corrected chi connectivity index (χ2v) is 4.55. The number of hydrogen-bond acceptors (Lipinski definition) is 5. The Morgan fingerprint density at radius 3 is 3.05 bits per heavy atom. The predicted molar refractivity (Wildman–Crippen MR) is 71.0 cm³/mol. The quantitative estimate of drug-likeness (QED) is 0.907. The van der Waals surface area contributed by atoms with Crippen molar-refractivity contribution in [3.05, 3.63) is 40.5 Å². The molecule has 0 aliphatic heterocycles. The standard InChI is InChI=1S/C12H12BrN3O3/c1-18-8-2-3-10(13)9(6-8)12(17)14-5-4-11-15-7-19-16-11/h2-3,6-7H,4-5H2,1H3,(H,14,17). The maximum absolute atomic E-state index is 12.0. The molecule has 0 bridgehead atoms. The monoisotopic (exact) mass is 325 g/mol. The maximum atomic E-state index is 12.0. The van der Waals surface area contributed by atoms with Gasteiger partial charge in [-0.1, -0.05) is 5.16 Å². The Balaban J connectivity index is 1.95. The van der Waals surface area contributed by atoms with Crippen LogP contribution in [0.2, 0.25) is 0 Å². The number of carbonyl (C=O) groups is 1. The van der Waals surface area contributed by atoms with Gasteiger partial charge in [0.15, 0.2) is 5.82 Å². The lowest BCUT2D eigenvalue weighted by Crippen LogP contribution is -2.26. The van der Waals surface area contributed by atoms with Gasteiger partial charge in [-0.15, -0.1) is 0 Å². The highest BCUT2D eigenvalue weighted by Gasteiger charge is 2.11. The van der Waals surface area contributed by atoms with Crippen molar-refractivity contribution in [2.75, 3.05) is 13.7 Å². The first kappa shape index (κ1) is 13.5.